The number of carbonyl (C=O) groups is 3. The van der Waals surface area contributed by atoms with Crippen LogP contribution in [-0.4, -0.2) is 47.9 Å². The van der Waals surface area contributed by atoms with Crippen molar-refractivity contribution < 1.29 is 19.1 Å². The minimum atomic E-state index is -0.795. The van der Waals surface area contributed by atoms with Gasteiger partial charge in [0.05, 0.1) is 23.1 Å². The number of thiophene rings is 1. The van der Waals surface area contributed by atoms with Crippen molar-refractivity contribution in [1.29, 1.82) is 0 Å². The maximum atomic E-state index is 13.1. The van der Waals surface area contributed by atoms with Gasteiger partial charge < -0.3 is 9.64 Å². The summed E-state index contributed by atoms with van der Waals surface area (Å²) in [6, 6.07) is 11.6. The summed E-state index contributed by atoms with van der Waals surface area (Å²) >= 11 is 1.33. The third kappa shape index (κ3) is 3.52. The zero-order chi connectivity index (χ0) is 18.8. The van der Waals surface area contributed by atoms with Gasteiger partial charge in [0, 0.05) is 13.2 Å². The number of ether oxygens (including phenoxy) is 1. The van der Waals surface area contributed by atoms with E-state index in [1.807, 2.05) is 11.4 Å². The summed E-state index contributed by atoms with van der Waals surface area (Å²) in [6.07, 6.45) is 1.70. The third-order valence-corrected chi connectivity index (χ3v) is 5.79. The van der Waals surface area contributed by atoms with E-state index in [1.54, 1.807) is 36.4 Å². The van der Waals surface area contributed by atoms with Crippen molar-refractivity contribution in [3.05, 3.63) is 52.7 Å². The minimum Gasteiger partial charge on any atom is -0.376 e. The van der Waals surface area contributed by atoms with E-state index in [-0.39, 0.29) is 30.2 Å². The van der Waals surface area contributed by atoms with Gasteiger partial charge in [0.15, 0.2) is 0 Å². The van der Waals surface area contributed by atoms with Gasteiger partial charge >= 0.3 is 0 Å². The Morgan fingerprint density at radius 1 is 1.19 bits per heavy atom. The molecule has 0 aliphatic carbocycles. The Morgan fingerprint density at radius 2 is 2.00 bits per heavy atom. The van der Waals surface area contributed by atoms with Gasteiger partial charge in [0.2, 0.25) is 5.91 Å². The van der Waals surface area contributed by atoms with E-state index < -0.39 is 6.04 Å². The van der Waals surface area contributed by atoms with E-state index in [9.17, 15) is 14.4 Å². The number of hydrogen-bond donors (Lipinski definition) is 0. The number of benzene rings is 1. The molecule has 4 rings (SSSR count). The molecule has 2 saturated heterocycles. The van der Waals surface area contributed by atoms with Crippen LogP contribution in [0.3, 0.4) is 0 Å². The van der Waals surface area contributed by atoms with Crippen LogP contribution >= 0.6 is 11.3 Å². The molecule has 1 aromatic heterocycles. The summed E-state index contributed by atoms with van der Waals surface area (Å²) < 4.78 is 5.68. The van der Waals surface area contributed by atoms with Crippen molar-refractivity contribution in [2.45, 2.75) is 31.4 Å². The van der Waals surface area contributed by atoms with Crippen molar-refractivity contribution in [2.24, 2.45) is 0 Å². The second kappa shape index (κ2) is 7.62. The SMILES string of the molecule is O=C1CC(N(CC2CCCO2)C(=O)c2cccs2)C(=O)N1c1ccccc1. The monoisotopic (exact) mass is 384 g/mol. The van der Waals surface area contributed by atoms with Gasteiger partial charge in [-0.2, -0.15) is 0 Å². The van der Waals surface area contributed by atoms with Crippen LogP contribution in [0.4, 0.5) is 5.69 Å². The summed E-state index contributed by atoms with van der Waals surface area (Å²) in [5.41, 5.74) is 0.538. The molecule has 0 N–H and O–H groups in total. The highest BCUT2D eigenvalue weighted by atomic mass is 32.1. The lowest BCUT2D eigenvalue weighted by molar-refractivity contribution is -0.122. The summed E-state index contributed by atoms with van der Waals surface area (Å²) in [6.45, 7) is 0.989. The number of nitrogens with zero attached hydrogens (tertiary/aromatic N) is 2. The molecule has 2 atom stereocenters. The first-order chi connectivity index (χ1) is 13.1. The molecule has 27 heavy (non-hydrogen) atoms. The fraction of sp³-hybridized carbons (Fsp3) is 0.350. The van der Waals surface area contributed by atoms with Crippen LogP contribution in [0.1, 0.15) is 28.9 Å². The molecule has 2 aliphatic rings. The number of anilines is 1. The van der Waals surface area contributed by atoms with Crippen LogP contribution in [0, 0.1) is 0 Å². The zero-order valence-electron chi connectivity index (χ0n) is 14.7. The van der Waals surface area contributed by atoms with Gasteiger partial charge in [-0.3, -0.25) is 14.4 Å². The summed E-state index contributed by atoms with van der Waals surface area (Å²) in [4.78, 5) is 42.0. The van der Waals surface area contributed by atoms with Gasteiger partial charge in [0.25, 0.3) is 11.8 Å². The normalized spacial score (nSPS) is 22.4. The average Bonchev–Trinajstić information content (AvgIpc) is 3.42. The Bertz CT molecular complexity index is 831. The highest BCUT2D eigenvalue weighted by Crippen LogP contribution is 2.28. The Balaban J connectivity index is 1.62. The summed E-state index contributed by atoms with van der Waals surface area (Å²) in [5.74, 6) is -0.858. The van der Waals surface area contributed by atoms with E-state index in [2.05, 4.69) is 0 Å². The van der Waals surface area contributed by atoms with Crippen molar-refractivity contribution >= 4 is 34.7 Å². The molecule has 140 valence electrons. The number of amides is 3. The van der Waals surface area contributed by atoms with Crippen molar-refractivity contribution in [3.8, 4) is 0 Å². The van der Waals surface area contributed by atoms with Crippen LogP contribution in [0.25, 0.3) is 0 Å². The van der Waals surface area contributed by atoms with E-state index in [0.29, 0.717) is 23.7 Å². The van der Waals surface area contributed by atoms with Crippen LogP contribution < -0.4 is 4.90 Å². The second-order valence-corrected chi connectivity index (χ2v) is 7.64. The largest absolute Gasteiger partial charge is 0.376 e. The Labute approximate surface area is 161 Å². The van der Waals surface area contributed by atoms with Gasteiger partial charge in [-0.05, 0) is 36.4 Å². The molecule has 1 aromatic carbocycles. The Kier molecular flexibility index (Phi) is 5.05. The highest BCUT2D eigenvalue weighted by molar-refractivity contribution is 7.12. The molecule has 2 unspecified atom stereocenters. The predicted molar refractivity (Wildman–Crippen MR) is 102 cm³/mol. The van der Waals surface area contributed by atoms with Gasteiger partial charge in [-0.1, -0.05) is 24.3 Å². The third-order valence-electron chi connectivity index (χ3n) is 4.93. The average molecular weight is 384 g/mol. The Hall–Kier alpha value is -2.51. The molecule has 2 fully saturated rings. The standard InChI is InChI=1S/C20H20N2O4S/c23-18-12-16(19(24)22(18)14-6-2-1-3-7-14)21(13-15-8-4-10-26-15)20(25)17-9-5-11-27-17/h1-3,5-7,9,11,15-16H,4,8,10,12-13H2. The van der Waals surface area contributed by atoms with E-state index in [1.165, 1.54) is 21.1 Å². The molecule has 7 heteroatoms. The minimum absolute atomic E-state index is 0.00242. The fourth-order valence-electron chi connectivity index (χ4n) is 3.61. The smallest absolute Gasteiger partial charge is 0.264 e. The van der Waals surface area contributed by atoms with Crippen LogP contribution in [0.5, 0.6) is 0 Å². The van der Waals surface area contributed by atoms with Gasteiger partial charge in [0.1, 0.15) is 6.04 Å². The maximum absolute atomic E-state index is 13.1. The molecule has 3 amide bonds. The topological polar surface area (TPSA) is 66.9 Å². The van der Waals surface area contributed by atoms with Crippen LogP contribution in [0.15, 0.2) is 47.8 Å². The number of imide groups is 1. The predicted octanol–water partition coefficient (Wildman–Crippen LogP) is 2.70. The van der Waals surface area contributed by atoms with Crippen molar-refractivity contribution in [2.75, 3.05) is 18.1 Å². The lowest BCUT2D eigenvalue weighted by Gasteiger charge is -2.29. The van der Waals surface area contributed by atoms with E-state index >= 15 is 0 Å². The molecule has 0 saturated carbocycles. The highest BCUT2D eigenvalue weighted by Gasteiger charge is 2.45. The lowest BCUT2D eigenvalue weighted by Crippen LogP contribution is -2.48. The maximum Gasteiger partial charge on any atom is 0.264 e. The molecule has 0 bridgehead atoms. The second-order valence-electron chi connectivity index (χ2n) is 6.69. The van der Waals surface area contributed by atoms with Crippen molar-refractivity contribution in [1.82, 2.24) is 4.90 Å². The molecule has 0 spiro atoms. The van der Waals surface area contributed by atoms with Crippen molar-refractivity contribution in [3.63, 3.8) is 0 Å². The van der Waals surface area contributed by atoms with Crippen LogP contribution in [0.2, 0.25) is 0 Å². The van der Waals surface area contributed by atoms with Gasteiger partial charge in [-0.15, -0.1) is 11.3 Å². The molecule has 0 radical (unpaired) electrons. The molecular weight excluding hydrogens is 364 g/mol. The summed E-state index contributed by atoms with van der Waals surface area (Å²) in [5, 5.41) is 1.83. The quantitative estimate of drug-likeness (QED) is 0.744. The lowest BCUT2D eigenvalue weighted by atomic mass is 10.1. The number of para-hydroxylation sites is 1. The zero-order valence-corrected chi connectivity index (χ0v) is 15.6. The molecule has 3 heterocycles. The first kappa shape index (κ1) is 17.9. The van der Waals surface area contributed by atoms with Crippen LogP contribution in [-0.2, 0) is 14.3 Å². The molecule has 2 aliphatic heterocycles. The first-order valence-electron chi connectivity index (χ1n) is 9.03. The first-order valence-corrected chi connectivity index (χ1v) is 9.91. The fourth-order valence-corrected chi connectivity index (χ4v) is 4.29. The molecular formula is C20H20N2O4S. The number of hydrogen-bond acceptors (Lipinski definition) is 5. The Morgan fingerprint density at radius 3 is 2.67 bits per heavy atom. The summed E-state index contributed by atoms with van der Waals surface area (Å²) in [7, 11) is 0. The number of rotatable bonds is 5. The number of carbonyl (C=O) groups excluding carboxylic acids is 3. The van der Waals surface area contributed by atoms with E-state index in [0.717, 1.165) is 12.8 Å². The van der Waals surface area contributed by atoms with Gasteiger partial charge in [-0.25, -0.2) is 4.90 Å². The molecule has 2 aromatic rings. The molecule has 6 nitrogen and oxygen atoms in total. The van der Waals surface area contributed by atoms with E-state index in [4.69, 9.17) is 4.74 Å².